The van der Waals surface area contributed by atoms with E-state index in [9.17, 15) is 22.8 Å². The van der Waals surface area contributed by atoms with Crippen molar-refractivity contribution < 1.29 is 27.5 Å². The van der Waals surface area contributed by atoms with Crippen LogP contribution in [0.5, 0.6) is 0 Å². The third-order valence-electron chi connectivity index (χ3n) is 6.71. The fraction of sp³-hybridized carbons (Fsp3) is 0.321. The van der Waals surface area contributed by atoms with Gasteiger partial charge in [0.25, 0.3) is 5.91 Å². The molecule has 0 aromatic heterocycles. The minimum absolute atomic E-state index is 0.0923. The van der Waals surface area contributed by atoms with E-state index in [2.05, 4.69) is 15.6 Å². The molecule has 1 aliphatic carbocycles. The number of nitrogens with one attached hydrogen (secondary N) is 3. The number of ether oxygens (including phenoxy) is 1. The zero-order chi connectivity index (χ0) is 27.4. The number of nitrogens with zero attached hydrogens (tertiary/aromatic N) is 2. The van der Waals surface area contributed by atoms with Crippen molar-refractivity contribution in [2.45, 2.75) is 37.6 Å². The van der Waals surface area contributed by atoms with Gasteiger partial charge in [0, 0.05) is 42.2 Å². The molecule has 204 valence electrons. The number of rotatable bonds is 7. The summed E-state index contributed by atoms with van der Waals surface area (Å²) in [5.74, 6) is -0.123. The molecular formula is C28H28F3N5O3. The summed E-state index contributed by atoms with van der Waals surface area (Å²) >= 11 is 0. The Morgan fingerprint density at radius 1 is 1.08 bits per heavy atom. The van der Waals surface area contributed by atoms with Crippen LogP contribution in [0.3, 0.4) is 0 Å². The summed E-state index contributed by atoms with van der Waals surface area (Å²) in [6.07, 6.45) is 3.98. The van der Waals surface area contributed by atoms with Gasteiger partial charge in [-0.25, -0.2) is 4.79 Å². The Morgan fingerprint density at radius 2 is 1.90 bits per heavy atom. The van der Waals surface area contributed by atoms with Crippen molar-refractivity contribution in [1.82, 2.24) is 10.6 Å². The molecule has 2 atom stereocenters. The third kappa shape index (κ3) is 6.66. The number of aliphatic imine (C=N–C) groups is 1. The number of urea groups is 1. The number of amides is 3. The average molecular weight is 540 g/mol. The zero-order valence-electron chi connectivity index (χ0n) is 21.0. The maximum Gasteiger partial charge on any atom is 0.405 e. The van der Waals surface area contributed by atoms with Gasteiger partial charge in [0.05, 0.1) is 18.5 Å². The second kappa shape index (κ2) is 11.3. The molecule has 39 heavy (non-hydrogen) atoms. The molecule has 2 unspecified atom stereocenters. The lowest BCUT2D eigenvalue weighted by Gasteiger charge is -2.24. The van der Waals surface area contributed by atoms with Crippen LogP contribution in [0.4, 0.5) is 29.3 Å². The minimum atomic E-state index is -4.48. The molecule has 0 bridgehead atoms. The Labute approximate surface area is 223 Å². The normalized spacial score (nSPS) is 20.2. The van der Waals surface area contributed by atoms with Crippen molar-refractivity contribution in [3.05, 3.63) is 77.5 Å². The standard InChI is InChI=1S/C28H28F3N5O3/c29-28(30,31)16-33-27(38)35-21-3-1-4-22(14-21)36-17-34-24-13-20(10-11-25(24)36)18-6-8-19(9-7-18)26(37)32-15-23-5-2-12-39-23/h1,3-4,6-11,14,17,23-24H,2,5,12-13,15-16H2,(H,32,37)(H2,33,35,38). The first-order chi connectivity index (χ1) is 18.7. The van der Waals surface area contributed by atoms with E-state index in [0.29, 0.717) is 24.2 Å². The second-order valence-electron chi connectivity index (χ2n) is 9.53. The Balaban J connectivity index is 1.22. The largest absolute Gasteiger partial charge is 0.405 e. The summed E-state index contributed by atoms with van der Waals surface area (Å²) in [5, 5.41) is 7.15. The lowest BCUT2D eigenvalue weighted by atomic mass is 9.92. The first kappa shape index (κ1) is 26.5. The molecule has 2 aromatic carbocycles. The molecule has 5 rings (SSSR count). The van der Waals surface area contributed by atoms with Gasteiger partial charge < -0.3 is 25.6 Å². The van der Waals surface area contributed by atoms with Crippen LogP contribution >= 0.6 is 0 Å². The fourth-order valence-corrected chi connectivity index (χ4v) is 4.73. The lowest BCUT2D eigenvalue weighted by Crippen LogP contribution is -2.36. The fourth-order valence-electron chi connectivity index (χ4n) is 4.73. The molecule has 2 aromatic rings. The van der Waals surface area contributed by atoms with Crippen LogP contribution < -0.4 is 20.9 Å². The average Bonchev–Trinajstić information content (AvgIpc) is 3.60. The molecule has 11 heteroatoms. The van der Waals surface area contributed by atoms with Gasteiger partial charge in [0.2, 0.25) is 0 Å². The Kier molecular flexibility index (Phi) is 7.69. The van der Waals surface area contributed by atoms with Crippen LogP contribution in [-0.4, -0.2) is 56.3 Å². The van der Waals surface area contributed by atoms with Crippen molar-refractivity contribution >= 4 is 35.2 Å². The molecule has 1 fully saturated rings. The number of hydrogen-bond donors (Lipinski definition) is 3. The van der Waals surface area contributed by atoms with E-state index in [-0.39, 0.29) is 18.1 Å². The van der Waals surface area contributed by atoms with Crippen LogP contribution in [0, 0.1) is 0 Å². The molecule has 3 aliphatic rings. The molecular weight excluding hydrogens is 511 g/mol. The first-order valence-electron chi connectivity index (χ1n) is 12.7. The quantitative estimate of drug-likeness (QED) is 0.468. The number of anilines is 2. The number of allylic oxidation sites excluding steroid dienone is 2. The molecule has 3 N–H and O–H groups in total. The Bertz CT molecular complexity index is 1310. The first-order valence-corrected chi connectivity index (χ1v) is 12.7. The second-order valence-corrected chi connectivity index (χ2v) is 9.53. The van der Waals surface area contributed by atoms with Crippen molar-refractivity contribution in [2.24, 2.45) is 4.99 Å². The highest BCUT2D eigenvalue weighted by molar-refractivity contribution is 5.95. The SMILES string of the molecule is O=C(NCC(F)(F)F)Nc1cccc(N2C=NC3CC(c4ccc(C(=O)NCC5CCCO5)cc4)=CC=C32)c1. The zero-order valence-corrected chi connectivity index (χ0v) is 21.0. The number of halogens is 3. The van der Waals surface area contributed by atoms with E-state index in [4.69, 9.17) is 4.74 Å². The predicted molar refractivity (Wildman–Crippen MR) is 143 cm³/mol. The summed E-state index contributed by atoms with van der Waals surface area (Å²) in [7, 11) is 0. The van der Waals surface area contributed by atoms with E-state index >= 15 is 0 Å². The summed E-state index contributed by atoms with van der Waals surface area (Å²) in [6, 6.07) is 13.3. The van der Waals surface area contributed by atoms with E-state index in [1.165, 1.54) is 0 Å². The van der Waals surface area contributed by atoms with Crippen LogP contribution in [-0.2, 0) is 4.74 Å². The van der Waals surface area contributed by atoms with Gasteiger partial charge in [0.1, 0.15) is 6.54 Å². The molecule has 0 saturated carbocycles. The summed E-state index contributed by atoms with van der Waals surface area (Å²) in [6.45, 7) is -0.147. The third-order valence-corrected chi connectivity index (χ3v) is 6.71. The molecule has 3 amide bonds. The number of alkyl halides is 3. The van der Waals surface area contributed by atoms with Gasteiger partial charge in [0.15, 0.2) is 0 Å². The monoisotopic (exact) mass is 539 g/mol. The van der Waals surface area contributed by atoms with Crippen LogP contribution in [0.2, 0.25) is 0 Å². The highest BCUT2D eigenvalue weighted by Gasteiger charge is 2.29. The van der Waals surface area contributed by atoms with Crippen molar-refractivity contribution in [3.63, 3.8) is 0 Å². The number of carbonyl (C=O) groups excluding carboxylic acids is 2. The van der Waals surface area contributed by atoms with Crippen molar-refractivity contribution in [1.29, 1.82) is 0 Å². The van der Waals surface area contributed by atoms with Crippen molar-refractivity contribution in [2.75, 3.05) is 29.9 Å². The Morgan fingerprint density at radius 3 is 2.64 bits per heavy atom. The number of fused-ring (bicyclic) bond motifs is 1. The van der Waals surface area contributed by atoms with Gasteiger partial charge in [-0.1, -0.05) is 24.3 Å². The molecule has 1 saturated heterocycles. The smallest absolute Gasteiger partial charge is 0.376 e. The topological polar surface area (TPSA) is 95.1 Å². The summed E-state index contributed by atoms with van der Waals surface area (Å²) in [5.41, 5.74) is 4.71. The maximum absolute atomic E-state index is 12.5. The highest BCUT2D eigenvalue weighted by atomic mass is 19.4. The van der Waals surface area contributed by atoms with E-state index in [1.54, 1.807) is 29.9 Å². The Hall–Kier alpha value is -4.12. The minimum Gasteiger partial charge on any atom is -0.376 e. The van der Waals surface area contributed by atoms with E-state index in [1.807, 2.05) is 47.4 Å². The number of carbonyl (C=O) groups is 2. The van der Waals surface area contributed by atoms with Crippen molar-refractivity contribution in [3.8, 4) is 0 Å². The van der Waals surface area contributed by atoms with Gasteiger partial charge in [-0.3, -0.25) is 9.79 Å². The molecule has 0 spiro atoms. The summed E-state index contributed by atoms with van der Waals surface area (Å²) in [4.78, 5) is 30.8. The molecule has 2 aliphatic heterocycles. The predicted octanol–water partition coefficient (Wildman–Crippen LogP) is 4.87. The molecule has 0 radical (unpaired) electrons. The van der Waals surface area contributed by atoms with Crippen LogP contribution in [0.1, 0.15) is 35.2 Å². The highest BCUT2D eigenvalue weighted by Crippen LogP contribution is 2.36. The van der Waals surface area contributed by atoms with Crippen LogP contribution in [0.15, 0.2) is 71.4 Å². The van der Waals surface area contributed by atoms with Gasteiger partial charge in [-0.2, -0.15) is 13.2 Å². The van der Waals surface area contributed by atoms with E-state index < -0.39 is 18.8 Å². The van der Waals surface area contributed by atoms with Gasteiger partial charge >= 0.3 is 12.2 Å². The summed E-state index contributed by atoms with van der Waals surface area (Å²) < 4.78 is 42.6. The lowest BCUT2D eigenvalue weighted by molar-refractivity contribution is -0.122. The van der Waals surface area contributed by atoms with E-state index in [0.717, 1.165) is 42.0 Å². The number of hydrogen-bond acceptors (Lipinski definition) is 5. The van der Waals surface area contributed by atoms with Gasteiger partial charge in [-0.15, -0.1) is 0 Å². The van der Waals surface area contributed by atoms with Crippen LogP contribution in [0.25, 0.3) is 5.57 Å². The molecule has 2 heterocycles. The maximum atomic E-state index is 12.5. The van der Waals surface area contributed by atoms with Gasteiger partial charge in [-0.05, 0) is 60.4 Å². The molecule has 8 nitrogen and oxygen atoms in total. The number of benzene rings is 2.